The van der Waals surface area contributed by atoms with Gasteiger partial charge in [-0.25, -0.2) is 5.01 Å². The largest absolute Gasteiger partial charge is 0.345 e. The van der Waals surface area contributed by atoms with E-state index < -0.39 is 0 Å². The highest BCUT2D eigenvalue weighted by molar-refractivity contribution is 7.99. The molecule has 5 rings (SSSR count). The van der Waals surface area contributed by atoms with Gasteiger partial charge in [0.15, 0.2) is 11.0 Å². The molecule has 0 saturated carbocycles. The number of aryl methyl sites for hydroxylation is 1. The van der Waals surface area contributed by atoms with Crippen LogP contribution in [0.5, 0.6) is 0 Å². The second kappa shape index (κ2) is 11.1. The van der Waals surface area contributed by atoms with E-state index >= 15 is 0 Å². The van der Waals surface area contributed by atoms with Crippen LogP contribution in [0.2, 0.25) is 0 Å². The zero-order chi connectivity index (χ0) is 25.8. The predicted octanol–water partition coefficient (Wildman–Crippen LogP) is 4.59. The Labute approximate surface area is 223 Å². The topological polar surface area (TPSA) is 92.5 Å². The first kappa shape index (κ1) is 24.9. The van der Waals surface area contributed by atoms with E-state index in [0.717, 1.165) is 16.2 Å². The molecule has 0 aliphatic carbocycles. The lowest BCUT2D eigenvalue weighted by atomic mass is 10.00. The molecule has 1 N–H and O–H groups in total. The van der Waals surface area contributed by atoms with Gasteiger partial charge in [-0.05, 0) is 36.1 Å². The van der Waals surface area contributed by atoms with Crippen molar-refractivity contribution < 1.29 is 9.59 Å². The van der Waals surface area contributed by atoms with Crippen molar-refractivity contribution in [2.24, 2.45) is 12.1 Å². The number of benzene rings is 2. The Morgan fingerprint density at radius 1 is 1.05 bits per heavy atom. The van der Waals surface area contributed by atoms with Gasteiger partial charge in [-0.2, -0.15) is 5.10 Å². The maximum atomic E-state index is 13.4. The van der Waals surface area contributed by atoms with Crippen LogP contribution in [0.3, 0.4) is 0 Å². The molecule has 188 valence electrons. The molecule has 1 atom stereocenters. The minimum absolute atomic E-state index is 0.0935. The van der Waals surface area contributed by atoms with Gasteiger partial charge in [-0.3, -0.25) is 9.59 Å². The van der Waals surface area contributed by atoms with Crippen LogP contribution >= 0.6 is 23.1 Å². The van der Waals surface area contributed by atoms with Gasteiger partial charge in [0.2, 0.25) is 0 Å². The monoisotopic (exact) mass is 530 g/mol. The summed E-state index contributed by atoms with van der Waals surface area (Å²) in [5, 5.41) is 20.3. The number of hydrogen-bond acceptors (Lipinski definition) is 7. The van der Waals surface area contributed by atoms with E-state index in [-0.39, 0.29) is 30.2 Å². The molecule has 8 nitrogen and oxygen atoms in total. The maximum Gasteiger partial charge on any atom is 0.253 e. The average molecular weight is 531 g/mol. The lowest BCUT2D eigenvalue weighted by Gasteiger charge is -2.22. The SMILES string of the molecule is Cc1ccc(C2CC(c3cccs3)=NN2C(=O)CSc2nnc(CNC(=O)c3ccccc3)n2C)cc1. The molecule has 0 bridgehead atoms. The van der Waals surface area contributed by atoms with Gasteiger partial charge < -0.3 is 9.88 Å². The molecule has 1 unspecified atom stereocenters. The number of aromatic nitrogens is 3. The van der Waals surface area contributed by atoms with Gasteiger partial charge in [0.1, 0.15) is 0 Å². The first-order valence-electron chi connectivity index (χ1n) is 11.8. The van der Waals surface area contributed by atoms with Crippen LogP contribution in [0.25, 0.3) is 0 Å². The van der Waals surface area contributed by atoms with Gasteiger partial charge in [0.05, 0.1) is 28.9 Å². The normalized spacial score (nSPS) is 15.0. The standard InChI is InChI=1S/C27H26N6O2S2/c1-18-10-12-19(13-11-18)22-15-21(23-9-6-14-36-23)31-33(22)25(34)17-37-27-30-29-24(32(27)2)16-28-26(35)20-7-4-3-5-8-20/h3-14,22H,15-17H2,1-2H3,(H,28,35). The Bertz CT molecular complexity index is 1420. The maximum absolute atomic E-state index is 13.4. The van der Waals surface area contributed by atoms with Gasteiger partial charge in [-0.15, -0.1) is 21.5 Å². The molecule has 2 amide bonds. The molecule has 0 fully saturated rings. The van der Waals surface area contributed by atoms with E-state index in [1.807, 2.05) is 49.7 Å². The number of rotatable bonds is 8. The summed E-state index contributed by atoms with van der Waals surface area (Å²) in [6, 6.07) is 21.2. The summed E-state index contributed by atoms with van der Waals surface area (Å²) >= 11 is 2.94. The molecule has 2 aromatic heterocycles. The minimum atomic E-state index is -0.177. The fourth-order valence-electron chi connectivity index (χ4n) is 4.05. The Kier molecular flexibility index (Phi) is 7.47. The zero-order valence-corrected chi connectivity index (χ0v) is 22.1. The van der Waals surface area contributed by atoms with Gasteiger partial charge in [0, 0.05) is 19.0 Å². The first-order valence-corrected chi connectivity index (χ1v) is 13.7. The summed E-state index contributed by atoms with van der Waals surface area (Å²) in [4.78, 5) is 26.8. The third kappa shape index (κ3) is 5.65. The van der Waals surface area contributed by atoms with E-state index in [1.165, 1.54) is 17.3 Å². The van der Waals surface area contributed by atoms with Crippen molar-refractivity contribution in [1.29, 1.82) is 0 Å². The number of amides is 2. The molecular formula is C27H26N6O2S2. The average Bonchev–Trinajstić information content (AvgIpc) is 3.67. The van der Waals surface area contributed by atoms with Crippen molar-refractivity contribution >= 4 is 40.6 Å². The molecule has 1 aliphatic heterocycles. The summed E-state index contributed by atoms with van der Waals surface area (Å²) < 4.78 is 1.80. The van der Waals surface area contributed by atoms with Crippen LogP contribution in [-0.4, -0.2) is 43.1 Å². The van der Waals surface area contributed by atoms with Crippen LogP contribution < -0.4 is 5.32 Å². The van der Waals surface area contributed by atoms with Crippen LogP contribution in [-0.2, 0) is 18.4 Å². The van der Waals surface area contributed by atoms with Crippen LogP contribution in [0.1, 0.15) is 44.6 Å². The summed E-state index contributed by atoms with van der Waals surface area (Å²) in [5.41, 5.74) is 3.75. The van der Waals surface area contributed by atoms with Crippen molar-refractivity contribution in [1.82, 2.24) is 25.1 Å². The molecule has 0 radical (unpaired) electrons. The van der Waals surface area contributed by atoms with Crippen molar-refractivity contribution in [2.75, 3.05) is 5.75 Å². The number of carbonyl (C=O) groups is 2. The summed E-state index contributed by atoms with van der Waals surface area (Å²) in [5.74, 6) is 0.509. The quantitative estimate of drug-likeness (QED) is 0.337. The highest BCUT2D eigenvalue weighted by Crippen LogP contribution is 2.34. The number of thiophene rings is 1. The molecule has 4 aromatic rings. The number of nitrogens with zero attached hydrogens (tertiary/aromatic N) is 5. The van der Waals surface area contributed by atoms with Gasteiger partial charge in [-0.1, -0.05) is 65.9 Å². The van der Waals surface area contributed by atoms with E-state index in [1.54, 1.807) is 33.0 Å². The number of hydrogen-bond donors (Lipinski definition) is 1. The lowest BCUT2D eigenvalue weighted by molar-refractivity contribution is -0.130. The molecule has 10 heteroatoms. The van der Waals surface area contributed by atoms with E-state index in [0.29, 0.717) is 23.0 Å². The molecule has 0 spiro atoms. The highest BCUT2D eigenvalue weighted by Gasteiger charge is 2.33. The Balaban J connectivity index is 1.25. The van der Waals surface area contributed by atoms with Crippen LogP contribution in [0.15, 0.2) is 82.4 Å². The van der Waals surface area contributed by atoms with E-state index in [4.69, 9.17) is 5.10 Å². The predicted molar refractivity (Wildman–Crippen MR) is 146 cm³/mol. The second-order valence-electron chi connectivity index (χ2n) is 8.69. The molecule has 3 heterocycles. The van der Waals surface area contributed by atoms with Gasteiger partial charge in [0.25, 0.3) is 11.8 Å². The van der Waals surface area contributed by atoms with Crippen LogP contribution in [0, 0.1) is 6.92 Å². The Hall–Kier alpha value is -3.76. The molecule has 37 heavy (non-hydrogen) atoms. The third-order valence-corrected chi connectivity index (χ3v) is 8.05. The number of nitrogens with one attached hydrogen (secondary N) is 1. The van der Waals surface area contributed by atoms with Crippen molar-refractivity contribution in [2.45, 2.75) is 31.1 Å². The Morgan fingerprint density at radius 2 is 1.84 bits per heavy atom. The van der Waals surface area contributed by atoms with E-state index in [2.05, 4.69) is 39.8 Å². The Morgan fingerprint density at radius 3 is 2.57 bits per heavy atom. The number of thioether (sulfide) groups is 1. The fraction of sp³-hybridized carbons (Fsp3) is 0.222. The van der Waals surface area contributed by atoms with Crippen molar-refractivity contribution in [3.63, 3.8) is 0 Å². The van der Waals surface area contributed by atoms with E-state index in [9.17, 15) is 9.59 Å². The lowest BCUT2D eigenvalue weighted by Crippen LogP contribution is -2.28. The van der Waals surface area contributed by atoms with Crippen molar-refractivity contribution in [3.05, 3.63) is 99.5 Å². The molecule has 1 aliphatic rings. The number of carbonyl (C=O) groups excluding carboxylic acids is 2. The second-order valence-corrected chi connectivity index (χ2v) is 10.6. The summed E-state index contributed by atoms with van der Waals surface area (Å²) in [6.07, 6.45) is 0.676. The summed E-state index contributed by atoms with van der Waals surface area (Å²) in [6.45, 7) is 2.29. The smallest absolute Gasteiger partial charge is 0.253 e. The third-order valence-electron chi connectivity index (χ3n) is 6.13. The van der Waals surface area contributed by atoms with Crippen molar-refractivity contribution in [3.8, 4) is 0 Å². The number of hydrazone groups is 1. The van der Waals surface area contributed by atoms with Gasteiger partial charge >= 0.3 is 0 Å². The molecular weight excluding hydrogens is 504 g/mol. The first-order chi connectivity index (χ1) is 18.0. The minimum Gasteiger partial charge on any atom is -0.345 e. The van der Waals surface area contributed by atoms with Crippen LogP contribution in [0.4, 0.5) is 0 Å². The molecule has 2 aromatic carbocycles. The summed E-state index contributed by atoms with van der Waals surface area (Å²) in [7, 11) is 1.83. The highest BCUT2D eigenvalue weighted by atomic mass is 32.2. The molecule has 0 saturated heterocycles. The fourth-order valence-corrected chi connectivity index (χ4v) is 5.55. The zero-order valence-electron chi connectivity index (χ0n) is 20.5.